The molecule has 0 saturated heterocycles. The Balaban J connectivity index is 1.91. The van der Waals surface area contributed by atoms with Crippen LogP contribution in [0.2, 0.25) is 0 Å². The molecule has 0 aliphatic heterocycles. The summed E-state index contributed by atoms with van der Waals surface area (Å²) in [4.78, 5) is 26.0. The van der Waals surface area contributed by atoms with Crippen molar-refractivity contribution in [3.05, 3.63) is 66.3 Å². The van der Waals surface area contributed by atoms with Crippen molar-refractivity contribution in [3.63, 3.8) is 0 Å². The van der Waals surface area contributed by atoms with Crippen molar-refractivity contribution >= 4 is 17.3 Å². The fourth-order valence-electron chi connectivity index (χ4n) is 4.85. The zero-order chi connectivity index (χ0) is 17.6. The van der Waals surface area contributed by atoms with Gasteiger partial charge in [-0.25, -0.2) is 0 Å². The minimum atomic E-state index is -0.853. The number of fused-ring (bicyclic) bond motifs is 1. The first-order valence-corrected chi connectivity index (χ1v) is 8.93. The first-order valence-electron chi connectivity index (χ1n) is 8.93. The highest BCUT2D eigenvalue weighted by Gasteiger charge is 2.76. The highest BCUT2D eigenvalue weighted by Crippen LogP contribution is 2.72. The van der Waals surface area contributed by atoms with Crippen LogP contribution < -0.4 is 0 Å². The van der Waals surface area contributed by atoms with Gasteiger partial charge in [0.2, 0.25) is 0 Å². The number of carbonyl (C=O) groups is 2. The lowest BCUT2D eigenvalue weighted by Crippen LogP contribution is -2.26. The molecule has 0 aromatic heterocycles. The molecule has 0 spiro atoms. The maximum absolute atomic E-state index is 13.1. The van der Waals surface area contributed by atoms with E-state index in [-0.39, 0.29) is 29.5 Å². The zero-order valence-corrected chi connectivity index (χ0v) is 14.4. The largest absolute Gasteiger partial charge is 0.465 e. The van der Waals surface area contributed by atoms with Gasteiger partial charge in [-0.15, -0.1) is 6.58 Å². The molecule has 0 heterocycles. The van der Waals surface area contributed by atoms with E-state index in [0.717, 1.165) is 16.7 Å². The van der Waals surface area contributed by atoms with Crippen molar-refractivity contribution in [3.8, 4) is 0 Å². The molecule has 1 saturated carbocycles. The summed E-state index contributed by atoms with van der Waals surface area (Å²) in [5, 5.41) is 0. The van der Waals surface area contributed by atoms with Crippen LogP contribution in [-0.4, -0.2) is 18.4 Å². The van der Waals surface area contributed by atoms with Crippen LogP contribution in [0.25, 0.3) is 5.57 Å². The summed E-state index contributed by atoms with van der Waals surface area (Å²) in [6.45, 7) is 5.98. The molecule has 1 aromatic carbocycles. The molecule has 4 atom stereocenters. The van der Waals surface area contributed by atoms with Gasteiger partial charge >= 0.3 is 5.97 Å². The second-order valence-corrected chi connectivity index (χ2v) is 7.06. The Bertz CT molecular complexity index is 802. The summed E-state index contributed by atoms with van der Waals surface area (Å²) >= 11 is 0. The maximum atomic E-state index is 13.1. The Morgan fingerprint density at radius 3 is 2.72 bits per heavy atom. The van der Waals surface area contributed by atoms with E-state index in [9.17, 15) is 9.59 Å². The second kappa shape index (κ2) is 5.83. The van der Waals surface area contributed by atoms with E-state index in [0.29, 0.717) is 19.4 Å². The number of allylic oxidation sites excluding steroid dienone is 4. The van der Waals surface area contributed by atoms with Crippen molar-refractivity contribution in [2.75, 3.05) is 6.61 Å². The van der Waals surface area contributed by atoms with Crippen LogP contribution in [0.1, 0.15) is 25.3 Å². The summed E-state index contributed by atoms with van der Waals surface area (Å²) in [6.07, 6.45) is 7.35. The number of benzene rings is 1. The van der Waals surface area contributed by atoms with Crippen molar-refractivity contribution < 1.29 is 14.3 Å². The molecule has 0 amide bonds. The molecule has 3 nitrogen and oxygen atoms in total. The van der Waals surface area contributed by atoms with Crippen LogP contribution in [0.15, 0.2) is 60.7 Å². The monoisotopic (exact) mass is 334 g/mol. The van der Waals surface area contributed by atoms with Gasteiger partial charge in [0.25, 0.3) is 0 Å². The topological polar surface area (TPSA) is 43.4 Å². The molecule has 1 fully saturated rings. The summed E-state index contributed by atoms with van der Waals surface area (Å²) in [6, 6.07) is 9.94. The first-order chi connectivity index (χ1) is 12.1. The first kappa shape index (κ1) is 16.1. The predicted octanol–water partition coefficient (Wildman–Crippen LogP) is 3.97. The molecule has 128 valence electrons. The Hall–Kier alpha value is -2.42. The zero-order valence-electron chi connectivity index (χ0n) is 14.4. The van der Waals surface area contributed by atoms with Crippen LogP contribution in [-0.2, 0) is 14.3 Å². The van der Waals surface area contributed by atoms with E-state index in [1.165, 1.54) is 0 Å². The van der Waals surface area contributed by atoms with Crippen molar-refractivity contribution in [1.82, 2.24) is 0 Å². The average Bonchev–Trinajstić information content (AvgIpc) is 3.34. The van der Waals surface area contributed by atoms with E-state index in [1.54, 1.807) is 0 Å². The molecule has 25 heavy (non-hydrogen) atoms. The number of hydrogen-bond donors (Lipinski definition) is 0. The Morgan fingerprint density at radius 1 is 1.28 bits per heavy atom. The minimum absolute atomic E-state index is 0.0453. The summed E-state index contributed by atoms with van der Waals surface area (Å²) in [5.41, 5.74) is 2.28. The van der Waals surface area contributed by atoms with Crippen molar-refractivity contribution in [2.45, 2.75) is 19.8 Å². The van der Waals surface area contributed by atoms with Crippen molar-refractivity contribution in [2.24, 2.45) is 23.2 Å². The predicted molar refractivity (Wildman–Crippen MR) is 96.5 cm³/mol. The van der Waals surface area contributed by atoms with Gasteiger partial charge in [0, 0.05) is 24.2 Å². The molecule has 5 rings (SSSR count). The van der Waals surface area contributed by atoms with Gasteiger partial charge < -0.3 is 4.74 Å². The number of hydrogen-bond acceptors (Lipinski definition) is 3. The Morgan fingerprint density at radius 2 is 2.04 bits per heavy atom. The molecule has 4 aliphatic rings. The molecule has 4 aliphatic carbocycles. The highest BCUT2D eigenvalue weighted by atomic mass is 16.5. The SMILES string of the molecule is C=CCC1=CC2C=C(c3ccccc3)C3(C(=O)OCC)C(C(=O)C2)C13. The van der Waals surface area contributed by atoms with Crippen LogP contribution in [0.3, 0.4) is 0 Å². The molecule has 1 aromatic rings. The molecule has 0 N–H and O–H groups in total. The van der Waals surface area contributed by atoms with Crippen LogP contribution >= 0.6 is 0 Å². The molecule has 4 unspecified atom stereocenters. The third kappa shape index (κ3) is 2.18. The smallest absolute Gasteiger partial charge is 0.317 e. The van der Waals surface area contributed by atoms with E-state index in [2.05, 4.69) is 18.7 Å². The number of carbonyl (C=O) groups excluding carboxylic acids is 2. The minimum Gasteiger partial charge on any atom is -0.465 e. The Kier molecular flexibility index (Phi) is 3.75. The fraction of sp³-hybridized carbons (Fsp3) is 0.364. The van der Waals surface area contributed by atoms with Gasteiger partial charge in [0.05, 0.1) is 6.61 Å². The van der Waals surface area contributed by atoms with Crippen LogP contribution in [0.5, 0.6) is 0 Å². The number of ether oxygens (including phenoxy) is 1. The molecule has 3 heteroatoms. The third-order valence-corrected chi connectivity index (χ3v) is 5.72. The standard InChI is InChI=1S/C22H22O3/c1-3-8-16-11-14-12-17(15-9-6-5-7-10-15)22(21(24)25-4-2)19(16)20(22)18(23)13-14/h3,5-7,9-12,14,19-20H,1,4,8,13H2,2H3. The molecular weight excluding hydrogens is 312 g/mol. The van der Waals surface area contributed by atoms with Gasteiger partial charge in [-0.05, 0) is 24.5 Å². The number of rotatable bonds is 5. The van der Waals surface area contributed by atoms with E-state index < -0.39 is 5.41 Å². The van der Waals surface area contributed by atoms with Crippen LogP contribution in [0.4, 0.5) is 0 Å². The van der Waals surface area contributed by atoms with Gasteiger partial charge in [0.15, 0.2) is 0 Å². The molecule has 0 radical (unpaired) electrons. The molecular formula is C22H22O3. The fourth-order valence-corrected chi connectivity index (χ4v) is 4.85. The van der Waals surface area contributed by atoms with Gasteiger partial charge in [-0.3, -0.25) is 9.59 Å². The summed E-state index contributed by atoms with van der Waals surface area (Å²) < 4.78 is 5.47. The quantitative estimate of drug-likeness (QED) is 0.604. The molecule has 4 bridgehead atoms. The summed E-state index contributed by atoms with van der Waals surface area (Å²) in [7, 11) is 0. The number of Topliss-reactive ketones (excluding diaryl/α,β-unsaturated/α-hetero) is 1. The number of esters is 1. The van der Waals surface area contributed by atoms with Gasteiger partial charge in [-0.1, -0.05) is 54.1 Å². The Labute approximate surface area is 148 Å². The van der Waals surface area contributed by atoms with Crippen molar-refractivity contribution in [1.29, 1.82) is 0 Å². The normalized spacial score (nSPS) is 32.2. The van der Waals surface area contributed by atoms with Crippen LogP contribution in [0, 0.1) is 23.2 Å². The van der Waals surface area contributed by atoms with E-state index in [1.807, 2.05) is 43.3 Å². The second-order valence-electron chi connectivity index (χ2n) is 7.06. The summed E-state index contributed by atoms with van der Waals surface area (Å²) in [5.74, 6) is -0.414. The lowest BCUT2D eigenvalue weighted by Gasteiger charge is -2.20. The lowest BCUT2D eigenvalue weighted by atomic mass is 9.85. The average molecular weight is 334 g/mol. The van der Waals surface area contributed by atoms with Gasteiger partial charge in [0.1, 0.15) is 11.2 Å². The van der Waals surface area contributed by atoms with E-state index in [4.69, 9.17) is 4.74 Å². The van der Waals surface area contributed by atoms with E-state index >= 15 is 0 Å². The lowest BCUT2D eigenvalue weighted by molar-refractivity contribution is -0.149. The third-order valence-electron chi connectivity index (χ3n) is 5.72. The maximum Gasteiger partial charge on any atom is 0.317 e. The number of ketones is 1. The highest BCUT2D eigenvalue weighted by molar-refractivity contribution is 6.08. The van der Waals surface area contributed by atoms with Gasteiger partial charge in [-0.2, -0.15) is 0 Å².